The van der Waals surface area contributed by atoms with E-state index in [1.807, 2.05) is 18.2 Å². The van der Waals surface area contributed by atoms with E-state index in [2.05, 4.69) is 31.2 Å². The molecule has 2 aromatic carbocycles. The Kier molecular flexibility index (Phi) is 4.74. The van der Waals surface area contributed by atoms with Crippen LogP contribution in [0.2, 0.25) is 0 Å². The summed E-state index contributed by atoms with van der Waals surface area (Å²) in [4.78, 5) is 1.20. The molecule has 0 atom stereocenters. The highest BCUT2D eigenvalue weighted by Crippen LogP contribution is 2.31. The smallest absolute Gasteiger partial charge is 0.125 e. The summed E-state index contributed by atoms with van der Waals surface area (Å²) in [5.41, 5.74) is 2.39. The lowest BCUT2D eigenvalue weighted by Crippen LogP contribution is -1.93. The van der Waals surface area contributed by atoms with Crippen LogP contribution in [-0.2, 0) is 5.75 Å². The highest BCUT2D eigenvalue weighted by Gasteiger charge is 2.06. The number of hydrogen-bond donors (Lipinski definition) is 0. The molecular formula is C16H18O2S. The Hall–Kier alpha value is -1.61. The van der Waals surface area contributed by atoms with E-state index in [1.165, 1.54) is 16.0 Å². The van der Waals surface area contributed by atoms with Crippen molar-refractivity contribution in [3.63, 3.8) is 0 Å². The second-order valence-corrected chi connectivity index (χ2v) is 5.28. The maximum atomic E-state index is 5.47. The van der Waals surface area contributed by atoms with Crippen LogP contribution >= 0.6 is 11.8 Å². The first kappa shape index (κ1) is 13.8. The number of rotatable bonds is 5. The predicted molar refractivity (Wildman–Crippen MR) is 80.3 cm³/mol. The van der Waals surface area contributed by atoms with E-state index in [0.29, 0.717) is 0 Å². The molecule has 2 nitrogen and oxygen atoms in total. The van der Waals surface area contributed by atoms with Gasteiger partial charge in [-0.3, -0.25) is 0 Å². The van der Waals surface area contributed by atoms with Gasteiger partial charge in [0.1, 0.15) is 11.5 Å². The number of para-hydroxylation sites is 1. The molecule has 19 heavy (non-hydrogen) atoms. The van der Waals surface area contributed by atoms with Gasteiger partial charge in [0, 0.05) is 16.2 Å². The van der Waals surface area contributed by atoms with Crippen LogP contribution < -0.4 is 9.47 Å². The summed E-state index contributed by atoms with van der Waals surface area (Å²) in [5, 5.41) is 0. The number of benzene rings is 2. The Morgan fingerprint density at radius 3 is 2.53 bits per heavy atom. The van der Waals surface area contributed by atoms with Crippen molar-refractivity contribution in [2.24, 2.45) is 0 Å². The first-order chi connectivity index (χ1) is 9.24. The number of methoxy groups -OCH3 is 2. The maximum Gasteiger partial charge on any atom is 0.125 e. The fraction of sp³-hybridized carbons (Fsp3) is 0.250. The van der Waals surface area contributed by atoms with Crippen LogP contribution in [0.25, 0.3) is 0 Å². The van der Waals surface area contributed by atoms with E-state index in [4.69, 9.17) is 9.47 Å². The third-order valence-corrected chi connectivity index (χ3v) is 3.98. The van der Waals surface area contributed by atoms with E-state index in [0.717, 1.165) is 17.3 Å². The van der Waals surface area contributed by atoms with Crippen molar-refractivity contribution in [2.75, 3.05) is 14.2 Å². The van der Waals surface area contributed by atoms with Crippen molar-refractivity contribution in [1.29, 1.82) is 0 Å². The van der Waals surface area contributed by atoms with E-state index in [1.54, 1.807) is 26.0 Å². The minimum atomic E-state index is 0.887. The average Bonchev–Trinajstić information content (AvgIpc) is 2.45. The van der Waals surface area contributed by atoms with Crippen molar-refractivity contribution in [3.8, 4) is 11.5 Å². The summed E-state index contributed by atoms with van der Waals surface area (Å²) in [5.74, 6) is 2.76. The zero-order valence-electron chi connectivity index (χ0n) is 11.5. The molecule has 0 aliphatic rings. The normalized spacial score (nSPS) is 10.3. The average molecular weight is 274 g/mol. The van der Waals surface area contributed by atoms with Gasteiger partial charge in [-0.1, -0.05) is 24.3 Å². The summed E-state index contributed by atoms with van der Waals surface area (Å²) in [6.07, 6.45) is 0. The molecule has 0 bridgehead atoms. The fourth-order valence-corrected chi connectivity index (χ4v) is 2.89. The van der Waals surface area contributed by atoms with Gasteiger partial charge in [0.2, 0.25) is 0 Å². The highest BCUT2D eigenvalue weighted by molar-refractivity contribution is 7.98. The van der Waals surface area contributed by atoms with Crippen molar-refractivity contribution < 1.29 is 9.47 Å². The van der Waals surface area contributed by atoms with Crippen LogP contribution in [0, 0.1) is 6.92 Å². The Labute approximate surface area is 118 Å². The third kappa shape index (κ3) is 3.44. The number of ether oxygens (including phenoxy) is 2. The van der Waals surface area contributed by atoms with Crippen LogP contribution in [0.15, 0.2) is 47.4 Å². The lowest BCUT2D eigenvalue weighted by molar-refractivity contribution is 0.408. The van der Waals surface area contributed by atoms with E-state index in [-0.39, 0.29) is 0 Å². The summed E-state index contributed by atoms with van der Waals surface area (Å²) in [7, 11) is 3.41. The molecule has 0 radical (unpaired) electrons. The number of aryl methyl sites for hydroxylation is 1. The summed E-state index contributed by atoms with van der Waals surface area (Å²) >= 11 is 1.78. The quantitative estimate of drug-likeness (QED) is 0.757. The largest absolute Gasteiger partial charge is 0.497 e. The van der Waals surface area contributed by atoms with Gasteiger partial charge in [0.05, 0.1) is 14.2 Å². The molecule has 0 heterocycles. The van der Waals surface area contributed by atoms with Gasteiger partial charge in [-0.25, -0.2) is 0 Å². The SMILES string of the molecule is COc1cccc(SCc2cccc(C)c2OC)c1. The van der Waals surface area contributed by atoms with Crippen LogP contribution in [0.5, 0.6) is 11.5 Å². The minimum Gasteiger partial charge on any atom is -0.497 e. The molecule has 0 saturated heterocycles. The molecule has 0 spiro atoms. The second kappa shape index (κ2) is 6.53. The number of thioether (sulfide) groups is 1. The molecule has 0 aromatic heterocycles. The molecule has 2 aromatic rings. The van der Waals surface area contributed by atoms with E-state index >= 15 is 0 Å². The zero-order chi connectivity index (χ0) is 13.7. The highest BCUT2D eigenvalue weighted by atomic mass is 32.2. The van der Waals surface area contributed by atoms with Crippen molar-refractivity contribution in [3.05, 3.63) is 53.6 Å². The molecule has 3 heteroatoms. The summed E-state index contributed by atoms with van der Waals surface area (Å²) in [6, 6.07) is 14.4. The van der Waals surface area contributed by atoms with Gasteiger partial charge in [0.15, 0.2) is 0 Å². The molecule has 0 aliphatic heterocycles. The molecule has 0 fully saturated rings. The van der Waals surface area contributed by atoms with E-state index in [9.17, 15) is 0 Å². The van der Waals surface area contributed by atoms with Crippen LogP contribution in [-0.4, -0.2) is 14.2 Å². The minimum absolute atomic E-state index is 0.887. The lowest BCUT2D eigenvalue weighted by atomic mass is 10.1. The zero-order valence-corrected chi connectivity index (χ0v) is 12.3. The van der Waals surface area contributed by atoms with Crippen LogP contribution in [0.1, 0.15) is 11.1 Å². The van der Waals surface area contributed by atoms with Gasteiger partial charge in [-0.2, -0.15) is 0 Å². The van der Waals surface area contributed by atoms with Crippen LogP contribution in [0.4, 0.5) is 0 Å². The van der Waals surface area contributed by atoms with Crippen molar-refractivity contribution >= 4 is 11.8 Å². The fourth-order valence-electron chi connectivity index (χ4n) is 1.97. The maximum absolute atomic E-state index is 5.47. The Bertz CT molecular complexity index is 552. The van der Waals surface area contributed by atoms with Crippen molar-refractivity contribution in [2.45, 2.75) is 17.6 Å². The molecular weight excluding hydrogens is 256 g/mol. The van der Waals surface area contributed by atoms with Gasteiger partial charge < -0.3 is 9.47 Å². The van der Waals surface area contributed by atoms with Gasteiger partial charge >= 0.3 is 0 Å². The summed E-state index contributed by atoms with van der Waals surface area (Å²) in [6.45, 7) is 2.07. The first-order valence-electron chi connectivity index (χ1n) is 6.14. The Balaban J connectivity index is 2.12. The molecule has 0 N–H and O–H groups in total. The molecule has 0 amide bonds. The molecule has 0 unspecified atom stereocenters. The second-order valence-electron chi connectivity index (χ2n) is 4.23. The van der Waals surface area contributed by atoms with Gasteiger partial charge in [-0.15, -0.1) is 11.8 Å². The third-order valence-electron chi connectivity index (χ3n) is 2.93. The topological polar surface area (TPSA) is 18.5 Å². The van der Waals surface area contributed by atoms with Gasteiger partial charge in [0.25, 0.3) is 0 Å². The molecule has 2 rings (SSSR count). The Morgan fingerprint density at radius 1 is 1.00 bits per heavy atom. The number of hydrogen-bond acceptors (Lipinski definition) is 3. The van der Waals surface area contributed by atoms with E-state index < -0.39 is 0 Å². The van der Waals surface area contributed by atoms with Crippen molar-refractivity contribution in [1.82, 2.24) is 0 Å². The monoisotopic (exact) mass is 274 g/mol. The molecule has 0 aliphatic carbocycles. The molecule has 0 saturated carbocycles. The van der Waals surface area contributed by atoms with Crippen LogP contribution in [0.3, 0.4) is 0 Å². The Morgan fingerprint density at radius 2 is 1.79 bits per heavy atom. The predicted octanol–water partition coefficient (Wildman–Crippen LogP) is 4.30. The standard InChI is InChI=1S/C16H18O2S/c1-12-6-4-7-13(16(12)18-3)11-19-15-9-5-8-14(10-15)17-2/h4-10H,11H2,1-3H3. The molecule has 100 valence electrons. The first-order valence-corrected chi connectivity index (χ1v) is 7.12. The summed E-state index contributed by atoms with van der Waals surface area (Å²) < 4.78 is 10.7. The lowest BCUT2D eigenvalue weighted by Gasteiger charge is -2.11. The van der Waals surface area contributed by atoms with Gasteiger partial charge in [-0.05, 0) is 30.7 Å².